The number of hydrogen-bond donors (Lipinski definition) is 2. The fourth-order valence-corrected chi connectivity index (χ4v) is 3.93. The van der Waals surface area contributed by atoms with Crippen molar-refractivity contribution in [3.05, 3.63) is 103 Å². The number of nitrogens with one attached hydrogen (secondary N) is 2. The molecule has 7 nitrogen and oxygen atoms in total. The van der Waals surface area contributed by atoms with Crippen molar-refractivity contribution in [3.8, 4) is 17.0 Å². The Bertz CT molecular complexity index is 1250. The fraction of sp³-hybridized carbons (Fsp3) is 0.214. The predicted molar refractivity (Wildman–Crippen MR) is 137 cm³/mol. The summed E-state index contributed by atoms with van der Waals surface area (Å²) in [7, 11) is 1.54. The van der Waals surface area contributed by atoms with E-state index in [-0.39, 0.29) is 5.91 Å². The monoisotopic (exact) mass is 467 g/mol. The third-order valence-corrected chi connectivity index (χ3v) is 5.76. The average Bonchev–Trinajstić information content (AvgIpc) is 2.90. The lowest BCUT2D eigenvalue weighted by Crippen LogP contribution is -2.51. The molecule has 0 unspecified atom stereocenters. The molecule has 4 rings (SSSR count). The number of hydrogen-bond acceptors (Lipinski definition) is 6. The number of anilines is 1. The number of nitrogens with zero attached hydrogens (tertiary/aromatic N) is 3. The van der Waals surface area contributed by atoms with Gasteiger partial charge in [0, 0.05) is 30.4 Å². The van der Waals surface area contributed by atoms with Gasteiger partial charge in [-0.3, -0.25) is 20.1 Å². The van der Waals surface area contributed by atoms with Gasteiger partial charge in [0.2, 0.25) is 11.8 Å². The summed E-state index contributed by atoms with van der Waals surface area (Å²) >= 11 is 0. The van der Waals surface area contributed by atoms with Crippen LogP contribution in [0.15, 0.2) is 91.5 Å². The Morgan fingerprint density at radius 1 is 0.943 bits per heavy atom. The zero-order valence-corrected chi connectivity index (χ0v) is 20.1. The number of ether oxygens (including phenoxy) is 1. The van der Waals surface area contributed by atoms with Crippen LogP contribution < -0.4 is 15.4 Å². The van der Waals surface area contributed by atoms with Gasteiger partial charge in [0.25, 0.3) is 0 Å². The molecule has 0 saturated carbocycles. The van der Waals surface area contributed by atoms with Gasteiger partial charge in [-0.15, -0.1) is 0 Å². The second kappa shape index (κ2) is 10.9. The third kappa shape index (κ3) is 6.07. The second-order valence-electron chi connectivity index (χ2n) is 8.73. The van der Waals surface area contributed by atoms with E-state index in [1.807, 2.05) is 80.6 Å². The summed E-state index contributed by atoms with van der Waals surface area (Å²) in [5.74, 6) is 0.156. The normalized spacial score (nSPS) is 12.1. The number of methoxy groups -OCH3 is 1. The van der Waals surface area contributed by atoms with Crippen LogP contribution in [-0.2, 0) is 16.8 Å². The van der Waals surface area contributed by atoms with Crippen LogP contribution >= 0.6 is 0 Å². The Kier molecular flexibility index (Phi) is 7.48. The molecule has 0 aliphatic carbocycles. The van der Waals surface area contributed by atoms with Gasteiger partial charge < -0.3 is 10.1 Å². The molecule has 4 aromatic rings. The lowest BCUT2D eigenvalue weighted by atomic mass is 9.95. The maximum absolute atomic E-state index is 13.7. The van der Waals surface area contributed by atoms with Crippen LogP contribution in [0.25, 0.3) is 11.1 Å². The van der Waals surface area contributed by atoms with Gasteiger partial charge in [-0.25, -0.2) is 4.98 Å². The average molecular weight is 468 g/mol. The van der Waals surface area contributed by atoms with E-state index < -0.39 is 11.6 Å². The molecule has 0 bridgehead atoms. The van der Waals surface area contributed by atoms with Gasteiger partial charge >= 0.3 is 0 Å². The summed E-state index contributed by atoms with van der Waals surface area (Å²) in [6.07, 6.45) is 7.41. The number of rotatable bonds is 9. The Hall–Kier alpha value is -4.10. The molecule has 3 aromatic heterocycles. The smallest absolute Gasteiger partial charge is 0.242 e. The molecule has 2 N–H and O–H groups in total. The van der Waals surface area contributed by atoms with Gasteiger partial charge in [-0.1, -0.05) is 36.4 Å². The maximum Gasteiger partial charge on any atom is 0.242 e. The number of benzene rings is 1. The van der Waals surface area contributed by atoms with E-state index in [9.17, 15) is 4.79 Å². The minimum Gasteiger partial charge on any atom is -0.480 e. The molecule has 7 heteroatoms. The molecule has 0 saturated heterocycles. The zero-order valence-electron chi connectivity index (χ0n) is 20.1. The molecule has 0 aliphatic heterocycles. The van der Waals surface area contributed by atoms with Crippen LogP contribution in [0.1, 0.15) is 25.1 Å². The summed E-state index contributed by atoms with van der Waals surface area (Å²) in [5.41, 5.74) is 3.66. The van der Waals surface area contributed by atoms with Crippen molar-refractivity contribution in [2.45, 2.75) is 31.8 Å². The first-order chi connectivity index (χ1) is 17.0. The highest BCUT2D eigenvalue weighted by Gasteiger charge is 2.30. The van der Waals surface area contributed by atoms with Crippen molar-refractivity contribution in [2.24, 2.45) is 0 Å². The van der Waals surface area contributed by atoms with Gasteiger partial charge in [-0.2, -0.15) is 0 Å². The molecule has 3 heterocycles. The molecular weight excluding hydrogens is 438 g/mol. The predicted octanol–water partition coefficient (Wildman–Crippen LogP) is 4.62. The number of carbonyl (C=O) groups excluding carboxylic acids is 1. The SMILES string of the molecule is COc1ncc(-c2ccncc2)cc1NC(=O)[C@H](Cc1ccccc1)NC(C)(C)c1ccccn1. The first-order valence-corrected chi connectivity index (χ1v) is 11.4. The highest BCUT2D eigenvalue weighted by molar-refractivity contribution is 5.96. The first kappa shape index (κ1) is 24.0. The van der Waals surface area contributed by atoms with Gasteiger partial charge in [0.15, 0.2) is 0 Å². The topological polar surface area (TPSA) is 89.0 Å². The van der Waals surface area contributed by atoms with Gasteiger partial charge in [0.05, 0.1) is 24.4 Å². The van der Waals surface area contributed by atoms with E-state index in [2.05, 4.69) is 25.6 Å². The molecule has 0 radical (unpaired) electrons. The van der Waals surface area contributed by atoms with E-state index >= 15 is 0 Å². The largest absolute Gasteiger partial charge is 0.480 e. The highest BCUT2D eigenvalue weighted by Crippen LogP contribution is 2.28. The molecule has 0 spiro atoms. The van der Waals surface area contributed by atoms with Crippen LogP contribution in [0.2, 0.25) is 0 Å². The van der Waals surface area contributed by atoms with Crippen LogP contribution in [0.4, 0.5) is 5.69 Å². The van der Waals surface area contributed by atoms with Crippen LogP contribution in [0.3, 0.4) is 0 Å². The molecule has 0 aliphatic rings. The Morgan fingerprint density at radius 3 is 2.37 bits per heavy atom. The third-order valence-electron chi connectivity index (χ3n) is 5.76. The molecular formula is C28H29N5O2. The number of pyridine rings is 3. The molecule has 1 amide bonds. The van der Waals surface area contributed by atoms with Crippen LogP contribution in [0.5, 0.6) is 5.88 Å². The van der Waals surface area contributed by atoms with Crippen molar-refractivity contribution in [2.75, 3.05) is 12.4 Å². The van der Waals surface area contributed by atoms with Crippen molar-refractivity contribution < 1.29 is 9.53 Å². The standard InChI is InChI=1S/C28H29N5O2/c1-28(2,25-11-7-8-14-30-25)33-23(17-20-9-5-4-6-10-20)26(34)32-24-18-22(19-31-27(24)35-3)21-12-15-29-16-13-21/h4-16,18-19,23,33H,17H2,1-3H3,(H,32,34)/t23-/m0/s1. The summed E-state index contributed by atoms with van der Waals surface area (Å²) < 4.78 is 5.44. The van der Waals surface area contributed by atoms with Crippen molar-refractivity contribution >= 4 is 11.6 Å². The van der Waals surface area contributed by atoms with Crippen LogP contribution in [-0.4, -0.2) is 34.0 Å². The molecule has 35 heavy (non-hydrogen) atoms. The first-order valence-electron chi connectivity index (χ1n) is 11.4. The van der Waals surface area contributed by atoms with Gasteiger partial charge in [0.1, 0.15) is 5.69 Å². The minimum absolute atomic E-state index is 0.190. The summed E-state index contributed by atoms with van der Waals surface area (Å²) in [6, 6.07) is 20.8. The highest BCUT2D eigenvalue weighted by atomic mass is 16.5. The second-order valence-corrected chi connectivity index (χ2v) is 8.73. The minimum atomic E-state index is -0.542. The quantitative estimate of drug-likeness (QED) is 0.373. The molecule has 0 fully saturated rings. The molecule has 178 valence electrons. The van der Waals surface area contributed by atoms with E-state index in [0.717, 1.165) is 22.4 Å². The molecule has 1 aromatic carbocycles. The molecule has 1 atom stereocenters. The van der Waals surface area contributed by atoms with E-state index in [1.165, 1.54) is 7.11 Å². The number of amides is 1. The Balaban J connectivity index is 1.63. The van der Waals surface area contributed by atoms with Crippen molar-refractivity contribution in [3.63, 3.8) is 0 Å². The Labute approximate surface area is 205 Å². The fourth-order valence-electron chi connectivity index (χ4n) is 3.93. The van der Waals surface area contributed by atoms with E-state index in [0.29, 0.717) is 18.0 Å². The van der Waals surface area contributed by atoms with Gasteiger partial charge in [-0.05, 0) is 61.7 Å². The van der Waals surface area contributed by atoms with Crippen molar-refractivity contribution in [1.29, 1.82) is 0 Å². The number of aromatic nitrogens is 3. The van der Waals surface area contributed by atoms with Crippen LogP contribution in [0, 0.1) is 0 Å². The summed E-state index contributed by atoms with van der Waals surface area (Å²) in [5, 5.41) is 6.56. The summed E-state index contributed by atoms with van der Waals surface area (Å²) in [6.45, 7) is 4.04. The summed E-state index contributed by atoms with van der Waals surface area (Å²) in [4.78, 5) is 26.6. The number of carbonyl (C=O) groups is 1. The Morgan fingerprint density at radius 2 is 1.69 bits per heavy atom. The lowest BCUT2D eigenvalue weighted by molar-refractivity contribution is -0.118. The maximum atomic E-state index is 13.7. The van der Waals surface area contributed by atoms with Crippen molar-refractivity contribution in [1.82, 2.24) is 20.3 Å². The van der Waals surface area contributed by atoms with E-state index in [1.54, 1.807) is 24.8 Å². The van der Waals surface area contributed by atoms with E-state index in [4.69, 9.17) is 4.74 Å². The zero-order chi connectivity index (χ0) is 24.7. The lowest BCUT2D eigenvalue weighted by Gasteiger charge is -2.31.